The SMILES string of the molecule is Cc1nccn1CCCC(=O)NC1CCCCC1O. The van der Waals surface area contributed by atoms with Gasteiger partial charge < -0.3 is 15.0 Å². The molecule has 5 heteroatoms. The molecule has 1 aliphatic carbocycles. The Morgan fingerprint density at radius 3 is 3.00 bits per heavy atom. The summed E-state index contributed by atoms with van der Waals surface area (Å²) in [5.41, 5.74) is 0. The number of hydrogen-bond acceptors (Lipinski definition) is 3. The molecule has 2 N–H and O–H groups in total. The van der Waals surface area contributed by atoms with Gasteiger partial charge in [-0.1, -0.05) is 12.8 Å². The first-order valence-corrected chi connectivity index (χ1v) is 7.12. The Kier molecular flexibility index (Phi) is 4.96. The summed E-state index contributed by atoms with van der Waals surface area (Å²) in [5, 5.41) is 12.8. The lowest BCUT2D eigenvalue weighted by Gasteiger charge is -2.28. The van der Waals surface area contributed by atoms with Gasteiger partial charge in [0.05, 0.1) is 12.1 Å². The number of hydrogen-bond donors (Lipinski definition) is 2. The molecule has 1 saturated carbocycles. The smallest absolute Gasteiger partial charge is 0.220 e. The predicted octanol–water partition coefficient (Wildman–Crippen LogP) is 1.39. The van der Waals surface area contributed by atoms with Crippen LogP contribution in [0.2, 0.25) is 0 Å². The molecule has 5 nitrogen and oxygen atoms in total. The van der Waals surface area contributed by atoms with E-state index < -0.39 is 0 Å². The van der Waals surface area contributed by atoms with Crippen LogP contribution in [-0.4, -0.2) is 32.7 Å². The predicted molar refractivity (Wildman–Crippen MR) is 72.6 cm³/mol. The number of aliphatic hydroxyl groups is 1. The van der Waals surface area contributed by atoms with Gasteiger partial charge in [0.1, 0.15) is 5.82 Å². The lowest BCUT2D eigenvalue weighted by molar-refractivity contribution is -0.123. The summed E-state index contributed by atoms with van der Waals surface area (Å²) in [5.74, 6) is 1.02. The van der Waals surface area contributed by atoms with Crippen molar-refractivity contribution in [3.05, 3.63) is 18.2 Å². The summed E-state index contributed by atoms with van der Waals surface area (Å²) < 4.78 is 2.04. The summed E-state index contributed by atoms with van der Waals surface area (Å²) >= 11 is 0. The first-order chi connectivity index (χ1) is 9.16. The second kappa shape index (κ2) is 6.70. The molecule has 0 aliphatic heterocycles. The van der Waals surface area contributed by atoms with Gasteiger partial charge in [0, 0.05) is 25.4 Å². The van der Waals surface area contributed by atoms with Gasteiger partial charge in [-0.3, -0.25) is 4.79 Å². The van der Waals surface area contributed by atoms with Gasteiger partial charge in [0.15, 0.2) is 0 Å². The van der Waals surface area contributed by atoms with Gasteiger partial charge in [-0.25, -0.2) is 4.98 Å². The van der Waals surface area contributed by atoms with Gasteiger partial charge in [-0.2, -0.15) is 0 Å². The third-order valence-corrected chi connectivity index (χ3v) is 3.80. The summed E-state index contributed by atoms with van der Waals surface area (Å²) in [6.07, 6.45) is 8.49. The van der Waals surface area contributed by atoms with Crippen LogP contribution in [0.3, 0.4) is 0 Å². The Morgan fingerprint density at radius 1 is 1.53 bits per heavy atom. The van der Waals surface area contributed by atoms with Gasteiger partial charge in [-0.05, 0) is 26.2 Å². The van der Waals surface area contributed by atoms with E-state index in [1.807, 2.05) is 17.7 Å². The van der Waals surface area contributed by atoms with Crippen molar-refractivity contribution < 1.29 is 9.90 Å². The number of aromatic nitrogens is 2. The molecule has 1 fully saturated rings. The number of aryl methyl sites for hydroxylation is 2. The Hall–Kier alpha value is -1.36. The topological polar surface area (TPSA) is 67.2 Å². The molecule has 1 amide bonds. The van der Waals surface area contributed by atoms with Gasteiger partial charge in [-0.15, -0.1) is 0 Å². The molecular formula is C14H23N3O2. The number of amides is 1. The van der Waals surface area contributed by atoms with Crippen LogP contribution in [0, 0.1) is 6.92 Å². The molecule has 19 heavy (non-hydrogen) atoms. The quantitative estimate of drug-likeness (QED) is 0.845. The highest BCUT2D eigenvalue weighted by Crippen LogP contribution is 2.18. The summed E-state index contributed by atoms with van der Waals surface area (Å²) in [4.78, 5) is 16.0. The maximum Gasteiger partial charge on any atom is 0.220 e. The number of imidazole rings is 1. The van der Waals surface area contributed by atoms with E-state index in [2.05, 4.69) is 10.3 Å². The molecule has 2 rings (SSSR count). The molecule has 0 aromatic carbocycles. The molecule has 1 aromatic rings. The van der Waals surface area contributed by atoms with E-state index in [9.17, 15) is 9.90 Å². The average Bonchev–Trinajstić information content (AvgIpc) is 2.78. The number of nitrogens with zero attached hydrogens (tertiary/aromatic N) is 2. The average molecular weight is 265 g/mol. The first kappa shape index (κ1) is 14.1. The van der Waals surface area contributed by atoms with E-state index in [1.165, 1.54) is 0 Å². The Bertz CT molecular complexity index is 417. The van der Waals surface area contributed by atoms with Crippen molar-refractivity contribution in [1.82, 2.24) is 14.9 Å². The van der Waals surface area contributed by atoms with E-state index in [0.29, 0.717) is 6.42 Å². The number of rotatable bonds is 5. The molecule has 2 unspecified atom stereocenters. The van der Waals surface area contributed by atoms with Crippen LogP contribution >= 0.6 is 0 Å². The Labute approximate surface area is 114 Å². The van der Waals surface area contributed by atoms with Crippen LogP contribution in [0.5, 0.6) is 0 Å². The molecule has 2 atom stereocenters. The number of carbonyl (C=O) groups is 1. The minimum absolute atomic E-state index is 0.0451. The van der Waals surface area contributed by atoms with Crippen LogP contribution in [0.4, 0.5) is 0 Å². The van der Waals surface area contributed by atoms with Gasteiger partial charge in [0.2, 0.25) is 5.91 Å². The van der Waals surface area contributed by atoms with Crippen LogP contribution in [0.15, 0.2) is 12.4 Å². The lowest BCUT2D eigenvalue weighted by atomic mass is 9.92. The zero-order valence-corrected chi connectivity index (χ0v) is 11.5. The molecular weight excluding hydrogens is 242 g/mol. The number of aliphatic hydroxyl groups excluding tert-OH is 1. The van der Waals surface area contributed by atoms with E-state index >= 15 is 0 Å². The van der Waals surface area contributed by atoms with Crippen molar-refractivity contribution in [1.29, 1.82) is 0 Å². The molecule has 0 spiro atoms. The second-order valence-electron chi connectivity index (χ2n) is 5.30. The number of carbonyl (C=O) groups excluding carboxylic acids is 1. The van der Waals surface area contributed by atoms with E-state index in [-0.39, 0.29) is 18.1 Å². The monoisotopic (exact) mass is 265 g/mol. The fourth-order valence-electron chi connectivity index (χ4n) is 2.61. The largest absolute Gasteiger partial charge is 0.391 e. The first-order valence-electron chi connectivity index (χ1n) is 7.12. The minimum Gasteiger partial charge on any atom is -0.391 e. The summed E-state index contributed by atoms with van der Waals surface area (Å²) in [6.45, 7) is 2.77. The van der Waals surface area contributed by atoms with E-state index in [4.69, 9.17) is 0 Å². The fraction of sp³-hybridized carbons (Fsp3) is 0.714. The van der Waals surface area contributed by atoms with Crippen molar-refractivity contribution in [2.24, 2.45) is 0 Å². The molecule has 1 aliphatic rings. The summed E-state index contributed by atoms with van der Waals surface area (Å²) in [6, 6.07) is -0.0452. The maximum atomic E-state index is 11.8. The van der Waals surface area contributed by atoms with Crippen LogP contribution in [-0.2, 0) is 11.3 Å². The van der Waals surface area contributed by atoms with E-state index in [0.717, 1.165) is 44.5 Å². The molecule has 0 radical (unpaired) electrons. The van der Waals surface area contributed by atoms with Crippen molar-refractivity contribution in [2.75, 3.05) is 0 Å². The maximum absolute atomic E-state index is 11.8. The van der Waals surface area contributed by atoms with E-state index in [1.54, 1.807) is 6.20 Å². The molecule has 0 bridgehead atoms. The standard InChI is InChI=1S/C14H23N3O2/c1-11-15-8-10-17(11)9-4-7-14(19)16-12-5-2-3-6-13(12)18/h8,10,12-13,18H,2-7,9H2,1H3,(H,16,19). The summed E-state index contributed by atoms with van der Waals surface area (Å²) in [7, 11) is 0. The third kappa shape index (κ3) is 4.06. The number of nitrogens with one attached hydrogen (secondary N) is 1. The second-order valence-corrected chi connectivity index (χ2v) is 5.30. The fourth-order valence-corrected chi connectivity index (χ4v) is 2.61. The highest BCUT2D eigenvalue weighted by molar-refractivity contribution is 5.76. The minimum atomic E-state index is -0.367. The molecule has 106 valence electrons. The van der Waals surface area contributed by atoms with Gasteiger partial charge >= 0.3 is 0 Å². The van der Waals surface area contributed by atoms with Crippen molar-refractivity contribution >= 4 is 5.91 Å². The third-order valence-electron chi connectivity index (χ3n) is 3.80. The van der Waals surface area contributed by atoms with Crippen LogP contribution in [0.25, 0.3) is 0 Å². The molecule has 1 aromatic heterocycles. The Balaban J connectivity index is 1.68. The van der Waals surface area contributed by atoms with Crippen LogP contribution < -0.4 is 5.32 Å². The Morgan fingerprint density at radius 2 is 2.32 bits per heavy atom. The van der Waals surface area contributed by atoms with Crippen LogP contribution in [0.1, 0.15) is 44.3 Å². The zero-order valence-electron chi connectivity index (χ0n) is 11.5. The molecule has 1 heterocycles. The lowest BCUT2D eigenvalue weighted by Crippen LogP contribution is -2.45. The van der Waals surface area contributed by atoms with Crippen molar-refractivity contribution in [2.45, 2.75) is 64.1 Å². The normalized spacial score (nSPS) is 23.3. The van der Waals surface area contributed by atoms with Crippen molar-refractivity contribution in [3.8, 4) is 0 Å². The molecule has 0 saturated heterocycles. The van der Waals surface area contributed by atoms with Gasteiger partial charge in [0.25, 0.3) is 0 Å². The highest BCUT2D eigenvalue weighted by atomic mass is 16.3. The highest BCUT2D eigenvalue weighted by Gasteiger charge is 2.24. The van der Waals surface area contributed by atoms with Crippen molar-refractivity contribution in [3.63, 3.8) is 0 Å². The zero-order chi connectivity index (χ0) is 13.7.